The molecular weight excluding hydrogens is 254 g/mol. The maximum absolute atomic E-state index is 6.30. The van der Waals surface area contributed by atoms with E-state index in [1.807, 2.05) is 23.5 Å². The highest BCUT2D eigenvalue weighted by Gasteiger charge is 2.12. The summed E-state index contributed by atoms with van der Waals surface area (Å²) in [5, 5.41) is 0. The lowest BCUT2D eigenvalue weighted by molar-refractivity contribution is 0.414. The van der Waals surface area contributed by atoms with Crippen LogP contribution in [-0.4, -0.2) is 7.11 Å². The minimum absolute atomic E-state index is 0.140. The van der Waals surface area contributed by atoms with Crippen LogP contribution < -0.4 is 10.5 Å². The Morgan fingerprint density at radius 1 is 1.21 bits per heavy atom. The summed E-state index contributed by atoms with van der Waals surface area (Å²) in [5.74, 6) is 0.901. The van der Waals surface area contributed by atoms with Crippen molar-refractivity contribution in [1.82, 2.24) is 0 Å². The molecule has 102 valence electrons. The van der Waals surface area contributed by atoms with Gasteiger partial charge in [-0.25, -0.2) is 0 Å². The van der Waals surface area contributed by atoms with E-state index in [9.17, 15) is 0 Å². The van der Waals surface area contributed by atoms with Gasteiger partial charge in [-0.2, -0.15) is 0 Å². The van der Waals surface area contributed by atoms with Crippen LogP contribution in [0, 0.1) is 13.8 Å². The summed E-state index contributed by atoms with van der Waals surface area (Å²) in [4.78, 5) is 2.67. The minimum atomic E-state index is 0.140. The van der Waals surface area contributed by atoms with Crippen molar-refractivity contribution in [2.24, 2.45) is 5.73 Å². The number of methoxy groups -OCH3 is 1. The van der Waals surface area contributed by atoms with Crippen LogP contribution in [0.3, 0.4) is 0 Å². The van der Waals surface area contributed by atoms with Crippen LogP contribution >= 0.6 is 11.3 Å². The van der Waals surface area contributed by atoms with E-state index in [1.165, 1.54) is 20.9 Å². The van der Waals surface area contributed by atoms with Crippen LogP contribution in [0.4, 0.5) is 0 Å². The van der Waals surface area contributed by atoms with E-state index in [-0.39, 0.29) is 6.04 Å². The fourth-order valence-corrected chi connectivity index (χ4v) is 3.34. The van der Waals surface area contributed by atoms with Gasteiger partial charge in [0.2, 0.25) is 0 Å². The van der Waals surface area contributed by atoms with Gasteiger partial charge in [-0.05, 0) is 56.0 Å². The van der Waals surface area contributed by atoms with E-state index in [4.69, 9.17) is 10.5 Å². The number of rotatable bonds is 5. The molecule has 1 atom stereocenters. The zero-order valence-electron chi connectivity index (χ0n) is 11.8. The molecule has 2 aromatic rings. The Hall–Kier alpha value is -1.32. The van der Waals surface area contributed by atoms with Crippen molar-refractivity contribution in [3.05, 3.63) is 51.2 Å². The molecule has 3 heteroatoms. The predicted octanol–water partition coefficient (Wildman–Crippen LogP) is 4.01. The maximum Gasteiger partial charge on any atom is 0.118 e. The van der Waals surface area contributed by atoms with Gasteiger partial charge in [0.05, 0.1) is 7.11 Å². The maximum atomic E-state index is 6.30. The summed E-state index contributed by atoms with van der Waals surface area (Å²) in [6.45, 7) is 4.28. The van der Waals surface area contributed by atoms with Crippen molar-refractivity contribution in [1.29, 1.82) is 0 Å². The van der Waals surface area contributed by atoms with E-state index >= 15 is 0 Å². The van der Waals surface area contributed by atoms with Crippen molar-refractivity contribution in [3.63, 3.8) is 0 Å². The molecule has 1 heterocycles. The summed E-state index contributed by atoms with van der Waals surface area (Å²) in [5.41, 5.74) is 8.93. The van der Waals surface area contributed by atoms with Crippen molar-refractivity contribution < 1.29 is 4.74 Å². The quantitative estimate of drug-likeness (QED) is 0.895. The van der Waals surface area contributed by atoms with Gasteiger partial charge in [0, 0.05) is 15.8 Å². The standard InChI is InChI=1S/C16H21NOS/c1-11-10-12(2)19-16(11)15(17)9-6-13-4-7-14(18-3)8-5-13/h4-5,7-8,10,15H,6,9,17H2,1-3H3. The molecule has 0 saturated heterocycles. The predicted molar refractivity (Wildman–Crippen MR) is 82.0 cm³/mol. The van der Waals surface area contributed by atoms with Gasteiger partial charge in [0.25, 0.3) is 0 Å². The van der Waals surface area contributed by atoms with E-state index in [1.54, 1.807) is 7.11 Å². The monoisotopic (exact) mass is 275 g/mol. The second-order valence-electron chi connectivity index (χ2n) is 4.90. The third-order valence-corrected chi connectivity index (χ3v) is 4.60. The Morgan fingerprint density at radius 2 is 1.89 bits per heavy atom. The van der Waals surface area contributed by atoms with Gasteiger partial charge >= 0.3 is 0 Å². The van der Waals surface area contributed by atoms with Crippen LogP contribution in [0.2, 0.25) is 0 Å². The first-order chi connectivity index (χ1) is 9.10. The first-order valence-corrected chi connectivity index (χ1v) is 7.37. The number of ether oxygens (including phenoxy) is 1. The zero-order chi connectivity index (χ0) is 13.8. The Labute approximate surface area is 119 Å². The molecule has 0 aliphatic rings. The normalized spacial score (nSPS) is 12.4. The molecule has 0 amide bonds. The summed E-state index contributed by atoms with van der Waals surface area (Å²) >= 11 is 1.82. The fourth-order valence-electron chi connectivity index (χ4n) is 2.27. The van der Waals surface area contributed by atoms with Crippen molar-refractivity contribution >= 4 is 11.3 Å². The average molecular weight is 275 g/mol. The molecule has 0 fully saturated rings. The van der Waals surface area contributed by atoms with Gasteiger partial charge in [-0.1, -0.05) is 12.1 Å². The third-order valence-electron chi connectivity index (χ3n) is 3.32. The molecule has 2 rings (SSSR count). The molecule has 19 heavy (non-hydrogen) atoms. The summed E-state index contributed by atoms with van der Waals surface area (Å²) in [6, 6.07) is 10.6. The molecule has 2 nitrogen and oxygen atoms in total. The van der Waals surface area contributed by atoms with E-state index in [0.29, 0.717) is 0 Å². The number of hydrogen-bond donors (Lipinski definition) is 1. The highest BCUT2D eigenvalue weighted by atomic mass is 32.1. The van der Waals surface area contributed by atoms with E-state index in [2.05, 4.69) is 32.0 Å². The Balaban J connectivity index is 1.96. The molecule has 0 bridgehead atoms. The topological polar surface area (TPSA) is 35.2 Å². The highest BCUT2D eigenvalue weighted by Crippen LogP contribution is 2.28. The van der Waals surface area contributed by atoms with Gasteiger partial charge < -0.3 is 10.5 Å². The van der Waals surface area contributed by atoms with Crippen LogP contribution in [0.1, 0.15) is 33.3 Å². The molecule has 0 radical (unpaired) electrons. The van der Waals surface area contributed by atoms with Gasteiger partial charge in [0.15, 0.2) is 0 Å². The van der Waals surface area contributed by atoms with Gasteiger partial charge in [-0.3, -0.25) is 0 Å². The van der Waals surface area contributed by atoms with Crippen molar-refractivity contribution in [3.8, 4) is 5.75 Å². The minimum Gasteiger partial charge on any atom is -0.497 e. The Kier molecular flexibility index (Phi) is 4.61. The number of thiophene rings is 1. The molecule has 1 unspecified atom stereocenters. The molecule has 0 saturated carbocycles. The van der Waals surface area contributed by atoms with Crippen LogP contribution in [-0.2, 0) is 6.42 Å². The lowest BCUT2D eigenvalue weighted by Gasteiger charge is -2.11. The van der Waals surface area contributed by atoms with Crippen LogP contribution in [0.15, 0.2) is 30.3 Å². The second kappa shape index (κ2) is 6.22. The molecule has 0 aliphatic heterocycles. The van der Waals surface area contributed by atoms with Crippen molar-refractivity contribution in [2.75, 3.05) is 7.11 Å². The molecule has 0 aliphatic carbocycles. The smallest absolute Gasteiger partial charge is 0.118 e. The summed E-state index contributed by atoms with van der Waals surface area (Å²) < 4.78 is 5.16. The summed E-state index contributed by atoms with van der Waals surface area (Å²) in [6.07, 6.45) is 1.98. The number of hydrogen-bond acceptors (Lipinski definition) is 3. The summed E-state index contributed by atoms with van der Waals surface area (Å²) in [7, 11) is 1.69. The van der Waals surface area contributed by atoms with Crippen LogP contribution in [0.25, 0.3) is 0 Å². The largest absolute Gasteiger partial charge is 0.497 e. The molecule has 1 aromatic heterocycles. The Morgan fingerprint density at radius 3 is 2.42 bits per heavy atom. The van der Waals surface area contributed by atoms with Crippen LogP contribution in [0.5, 0.6) is 5.75 Å². The lowest BCUT2D eigenvalue weighted by Crippen LogP contribution is -2.10. The van der Waals surface area contributed by atoms with Gasteiger partial charge in [0.1, 0.15) is 5.75 Å². The first kappa shape index (κ1) is 14.1. The Bertz CT molecular complexity index is 530. The van der Waals surface area contributed by atoms with E-state index in [0.717, 1.165) is 18.6 Å². The zero-order valence-corrected chi connectivity index (χ0v) is 12.6. The second-order valence-corrected chi connectivity index (χ2v) is 6.19. The highest BCUT2D eigenvalue weighted by molar-refractivity contribution is 7.12. The average Bonchev–Trinajstić information content (AvgIpc) is 2.75. The molecule has 2 N–H and O–H groups in total. The fraction of sp³-hybridized carbons (Fsp3) is 0.375. The number of nitrogens with two attached hydrogens (primary N) is 1. The lowest BCUT2D eigenvalue weighted by atomic mass is 10.0. The number of aryl methyl sites for hydroxylation is 3. The molecule has 0 spiro atoms. The van der Waals surface area contributed by atoms with Gasteiger partial charge in [-0.15, -0.1) is 11.3 Å². The first-order valence-electron chi connectivity index (χ1n) is 6.55. The van der Waals surface area contributed by atoms with Crippen molar-refractivity contribution in [2.45, 2.75) is 32.7 Å². The molecular formula is C16H21NOS. The van der Waals surface area contributed by atoms with E-state index < -0.39 is 0 Å². The number of benzene rings is 1. The third kappa shape index (κ3) is 3.58. The molecule has 1 aromatic carbocycles. The SMILES string of the molecule is COc1ccc(CCC(N)c2sc(C)cc2C)cc1.